The maximum absolute atomic E-state index is 12.5. The smallest absolute Gasteiger partial charge is 0.236 e. The number of thiazole rings is 1. The average molecular weight is 447 g/mol. The van der Waals surface area contributed by atoms with Crippen LogP contribution in [-0.4, -0.2) is 21.6 Å². The number of nitrogens with one attached hydrogen (secondary N) is 1. The Bertz CT molecular complexity index is 1230. The van der Waals surface area contributed by atoms with Crippen LogP contribution in [0.4, 0.5) is 10.9 Å². The van der Waals surface area contributed by atoms with Gasteiger partial charge in [0.2, 0.25) is 5.91 Å². The fourth-order valence-corrected chi connectivity index (χ4v) is 4.73. The second-order valence-corrected chi connectivity index (χ2v) is 9.03. The van der Waals surface area contributed by atoms with Gasteiger partial charge in [0.1, 0.15) is 23.0 Å². The number of rotatable bonds is 6. The molecular weight excluding hydrogens is 428 g/mol. The molecule has 1 amide bonds. The van der Waals surface area contributed by atoms with E-state index < -0.39 is 0 Å². The SMILES string of the molecule is Cc1ccc(-c2csc(NC(=O)CSc3nc(N)c(C#N)c(C4CC4)c3C#N)n2)cc1. The van der Waals surface area contributed by atoms with Crippen LogP contribution in [0.2, 0.25) is 0 Å². The molecule has 1 saturated carbocycles. The molecule has 154 valence electrons. The highest BCUT2D eigenvalue weighted by atomic mass is 32.2. The van der Waals surface area contributed by atoms with Crippen LogP contribution in [0.25, 0.3) is 11.3 Å². The summed E-state index contributed by atoms with van der Waals surface area (Å²) in [4.78, 5) is 21.1. The molecule has 9 heteroatoms. The fraction of sp³-hybridized carbons (Fsp3) is 0.227. The monoisotopic (exact) mass is 446 g/mol. The van der Waals surface area contributed by atoms with Crippen LogP contribution >= 0.6 is 23.1 Å². The summed E-state index contributed by atoms with van der Waals surface area (Å²) in [7, 11) is 0. The van der Waals surface area contributed by atoms with Crippen molar-refractivity contribution in [2.45, 2.75) is 30.7 Å². The van der Waals surface area contributed by atoms with E-state index in [1.54, 1.807) is 0 Å². The Balaban J connectivity index is 1.46. The van der Waals surface area contributed by atoms with Gasteiger partial charge in [-0.2, -0.15) is 10.5 Å². The van der Waals surface area contributed by atoms with Crippen LogP contribution < -0.4 is 11.1 Å². The minimum atomic E-state index is -0.253. The van der Waals surface area contributed by atoms with E-state index in [0.717, 1.165) is 35.9 Å². The lowest BCUT2D eigenvalue weighted by molar-refractivity contribution is -0.113. The van der Waals surface area contributed by atoms with Crippen LogP contribution in [0.1, 0.15) is 41.0 Å². The zero-order chi connectivity index (χ0) is 22.0. The molecule has 0 atom stereocenters. The van der Waals surface area contributed by atoms with Gasteiger partial charge in [-0.05, 0) is 31.2 Å². The third kappa shape index (κ3) is 4.53. The number of pyridine rings is 1. The Hall–Kier alpha value is -3.40. The second kappa shape index (κ2) is 8.76. The van der Waals surface area contributed by atoms with Crippen molar-refractivity contribution in [1.82, 2.24) is 9.97 Å². The number of amides is 1. The fourth-order valence-electron chi connectivity index (χ4n) is 3.19. The molecule has 0 aliphatic heterocycles. The van der Waals surface area contributed by atoms with Gasteiger partial charge in [-0.1, -0.05) is 41.6 Å². The quantitative estimate of drug-likeness (QED) is 0.535. The zero-order valence-corrected chi connectivity index (χ0v) is 18.3. The van der Waals surface area contributed by atoms with Crippen molar-refractivity contribution in [3.63, 3.8) is 0 Å². The summed E-state index contributed by atoms with van der Waals surface area (Å²) in [6.45, 7) is 2.02. The molecular formula is C22H18N6OS2. The first kappa shape index (κ1) is 20.9. The number of nitrogen functional groups attached to an aromatic ring is 1. The molecule has 0 bridgehead atoms. The van der Waals surface area contributed by atoms with Gasteiger partial charge in [0, 0.05) is 10.9 Å². The topological polar surface area (TPSA) is 128 Å². The van der Waals surface area contributed by atoms with Gasteiger partial charge in [0.15, 0.2) is 5.13 Å². The number of benzene rings is 1. The summed E-state index contributed by atoms with van der Waals surface area (Å²) in [5, 5.41) is 24.6. The van der Waals surface area contributed by atoms with E-state index in [0.29, 0.717) is 21.3 Å². The number of hydrogen-bond donors (Lipinski definition) is 2. The minimum Gasteiger partial charge on any atom is -0.383 e. The molecule has 1 aliphatic carbocycles. The van der Waals surface area contributed by atoms with E-state index >= 15 is 0 Å². The summed E-state index contributed by atoms with van der Waals surface area (Å²) in [5.41, 5.74) is 10.2. The van der Waals surface area contributed by atoms with Crippen molar-refractivity contribution in [1.29, 1.82) is 10.5 Å². The third-order valence-corrected chi connectivity index (χ3v) is 6.61. The molecule has 0 radical (unpaired) electrons. The molecule has 3 N–H and O–H groups in total. The van der Waals surface area contributed by atoms with E-state index in [1.165, 1.54) is 16.9 Å². The van der Waals surface area contributed by atoms with Gasteiger partial charge in [0.25, 0.3) is 0 Å². The normalized spacial score (nSPS) is 12.7. The van der Waals surface area contributed by atoms with Crippen molar-refractivity contribution < 1.29 is 4.79 Å². The Morgan fingerprint density at radius 3 is 2.58 bits per heavy atom. The molecule has 1 aromatic carbocycles. The number of thioether (sulfide) groups is 1. The van der Waals surface area contributed by atoms with Gasteiger partial charge in [-0.3, -0.25) is 4.79 Å². The van der Waals surface area contributed by atoms with E-state index in [4.69, 9.17) is 5.73 Å². The predicted molar refractivity (Wildman–Crippen MR) is 122 cm³/mol. The Kier molecular flexibility index (Phi) is 5.90. The van der Waals surface area contributed by atoms with Gasteiger partial charge in [-0.25, -0.2) is 9.97 Å². The largest absolute Gasteiger partial charge is 0.383 e. The molecule has 3 aromatic rings. The summed E-state index contributed by atoms with van der Waals surface area (Å²) in [5.74, 6) is 0.0694. The van der Waals surface area contributed by atoms with Gasteiger partial charge < -0.3 is 11.1 Å². The first-order chi connectivity index (χ1) is 15.0. The molecule has 1 fully saturated rings. The maximum atomic E-state index is 12.5. The highest BCUT2D eigenvalue weighted by Crippen LogP contribution is 2.45. The number of carbonyl (C=O) groups is 1. The lowest BCUT2D eigenvalue weighted by Crippen LogP contribution is -2.14. The van der Waals surface area contributed by atoms with E-state index in [-0.39, 0.29) is 29.0 Å². The number of aryl methyl sites for hydroxylation is 1. The first-order valence-corrected chi connectivity index (χ1v) is 11.5. The molecule has 0 saturated heterocycles. The Morgan fingerprint density at radius 1 is 1.23 bits per heavy atom. The van der Waals surface area contributed by atoms with E-state index in [9.17, 15) is 15.3 Å². The summed E-state index contributed by atoms with van der Waals surface area (Å²) in [6.07, 6.45) is 1.84. The van der Waals surface area contributed by atoms with Crippen LogP contribution in [-0.2, 0) is 4.79 Å². The molecule has 1 aliphatic rings. The number of nitrogens with zero attached hydrogens (tertiary/aromatic N) is 4. The van der Waals surface area contributed by atoms with Crippen molar-refractivity contribution >= 4 is 40.0 Å². The van der Waals surface area contributed by atoms with Crippen LogP contribution in [0.15, 0.2) is 34.7 Å². The van der Waals surface area contributed by atoms with Crippen LogP contribution in [0.5, 0.6) is 0 Å². The summed E-state index contributed by atoms with van der Waals surface area (Å²) >= 11 is 2.49. The average Bonchev–Trinajstić information content (AvgIpc) is 3.50. The predicted octanol–water partition coefficient (Wildman–Crippen LogP) is 4.45. The lowest BCUT2D eigenvalue weighted by atomic mass is 10.0. The maximum Gasteiger partial charge on any atom is 0.236 e. The number of aromatic nitrogens is 2. The highest BCUT2D eigenvalue weighted by molar-refractivity contribution is 8.00. The first-order valence-electron chi connectivity index (χ1n) is 9.59. The number of anilines is 2. The Labute approximate surface area is 187 Å². The second-order valence-electron chi connectivity index (χ2n) is 7.20. The summed E-state index contributed by atoms with van der Waals surface area (Å²) < 4.78 is 0. The van der Waals surface area contributed by atoms with Crippen molar-refractivity contribution in [3.8, 4) is 23.4 Å². The lowest BCUT2D eigenvalue weighted by Gasteiger charge is -2.11. The van der Waals surface area contributed by atoms with Gasteiger partial charge in [-0.15, -0.1) is 11.3 Å². The van der Waals surface area contributed by atoms with Crippen molar-refractivity contribution in [2.75, 3.05) is 16.8 Å². The van der Waals surface area contributed by atoms with Gasteiger partial charge in [0.05, 0.1) is 22.6 Å². The summed E-state index contributed by atoms with van der Waals surface area (Å²) in [6, 6.07) is 12.2. The standard InChI is InChI=1S/C22H18N6OS2/c1-12-2-4-13(5-3-12)17-10-31-22(26-17)27-18(29)11-30-21-16(9-24)19(14-6-7-14)15(8-23)20(25)28-21/h2-5,10,14H,6-7,11H2,1H3,(H2,25,28)(H,26,27,29). The van der Waals surface area contributed by atoms with Crippen LogP contribution in [0.3, 0.4) is 0 Å². The highest BCUT2D eigenvalue weighted by Gasteiger charge is 2.32. The molecule has 0 spiro atoms. The molecule has 31 heavy (non-hydrogen) atoms. The molecule has 7 nitrogen and oxygen atoms in total. The third-order valence-electron chi connectivity index (χ3n) is 4.88. The molecule has 4 rings (SSSR count). The van der Waals surface area contributed by atoms with Crippen molar-refractivity contribution in [2.24, 2.45) is 0 Å². The van der Waals surface area contributed by atoms with Crippen LogP contribution in [0, 0.1) is 29.6 Å². The van der Waals surface area contributed by atoms with Gasteiger partial charge >= 0.3 is 0 Å². The molecule has 2 heterocycles. The number of carbonyl (C=O) groups excluding carboxylic acids is 1. The van der Waals surface area contributed by atoms with Crippen molar-refractivity contribution in [3.05, 3.63) is 51.9 Å². The molecule has 2 aromatic heterocycles. The minimum absolute atomic E-state index is 0.0522. The number of hydrogen-bond acceptors (Lipinski definition) is 8. The molecule has 0 unspecified atom stereocenters. The Morgan fingerprint density at radius 2 is 1.94 bits per heavy atom. The van der Waals surface area contributed by atoms with E-state index in [1.807, 2.05) is 36.6 Å². The van der Waals surface area contributed by atoms with E-state index in [2.05, 4.69) is 27.4 Å². The number of nitriles is 2. The zero-order valence-electron chi connectivity index (χ0n) is 16.7. The number of nitrogens with two attached hydrogens (primary N) is 1.